The highest BCUT2D eigenvalue weighted by Crippen LogP contribution is 2.44. The third kappa shape index (κ3) is 14.0. The van der Waals surface area contributed by atoms with Gasteiger partial charge in [0.2, 0.25) is 17.7 Å². The summed E-state index contributed by atoms with van der Waals surface area (Å²) >= 11 is 7.91. The van der Waals surface area contributed by atoms with E-state index in [-0.39, 0.29) is 58.5 Å². The van der Waals surface area contributed by atoms with Crippen LogP contribution in [0.3, 0.4) is 0 Å². The number of piperidine rings is 1. The number of allylic oxidation sites excluding steroid dienone is 1. The lowest BCUT2D eigenvalue weighted by Crippen LogP contribution is -2.54. The summed E-state index contributed by atoms with van der Waals surface area (Å²) in [7, 11) is -4.65. The quantitative estimate of drug-likeness (QED) is 0.0182. The number of nitro groups is 1. The molecule has 472 valence electrons. The van der Waals surface area contributed by atoms with E-state index in [4.69, 9.17) is 16.3 Å². The van der Waals surface area contributed by atoms with Gasteiger partial charge in [0.05, 0.1) is 28.1 Å². The highest BCUT2D eigenvalue weighted by atomic mass is 35.5. The van der Waals surface area contributed by atoms with E-state index >= 15 is 0 Å². The first-order chi connectivity index (χ1) is 43.3. The van der Waals surface area contributed by atoms with Crippen LogP contribution in [0.15, 0.2) is 119 Å². The van der Waals surface area contributed by atoms with Crippen molar-refractivity contribution in [2.24, 2.45) is 11.3 Å². The first-order valence-corrected chi connectivity index (χ1v) is 33.9. The molecule has 6 aromatic rings. The molecular weight excluding hydrogens is 1210 g/mol. The van der Waals surface area contributed by atoms with Crippen LogP contribution in [-0.4, -0.2) is 156 Å². The molecule has 4 fully saturated rings. The summed E-state index contributed by atoms with van der Waals surface area (Å²) in [5.74, 6) is -0.495. The number of H-pyrrole nitrogens is 1. The number of sulfonamides is 1. The molecule has 0 radical (unpaired) electrons. The van der Waals surface area contributed by atoms with Gasteiger partial charge in [0.1, 0.15) is 28.9 Å². The molecule has 6 heterocycles. The van der Waals surface area contributed by atoms with Gasteiger partial charge >= 0.3 is 0 Å². The lowest BCUT2D eigenvalue weighted by atomic mass is 9.72. The molecule has 2 aromatic heterocycles. The van der Waals surface area contributed by atoms with Crippen LogP contribution in [0.25, 0.3) is 16.6 Å². The number of benzene rings is 4. The van der Waals surface area contributed by atoms with Gasteiger partial charge in [0, 0.05) is 123 Å². The Balaban J connectivity index is 0.627. The van der Waals surface area contributed by atoms with Crippen LogP contribution in [0.5, 0.6) is 11.5 Å². The van der Waals surface area contributed by atoms with Crippen molar-refractivity contribution in [3.05, 3.63) is 146 Å². The number of anilines is 2. The molecule has 2 aliphatic carbocycles. The second-order valence-corrected chi connectivity index (χ2v) is 28.5. The Morgan fingerprint density at radius 2 is 1.70 bits per heavy atom. The summed E-state index contributed by atoms with van der Waals surface area (Å²) in [5, 5.41) is 19.6. The van der Waals surface area contributed by atoms with Crippen molar-refractivity contribution < 1.29 is 42.1 Å². The normalized spacial score (nSPS) is 21.0. The van der Waals surface area contributed by atoms with Crippen molar-refractivity contribution in [3.63, 3.8) is 0 Å². The van der Waals surface area contributed by atoms with Crippen molar-refractivity contribution in [2.45, 2.75) is 106 Å². The third-order valence-electron chi connectivity index (χ3n) is 18.7. The Hall–Kier alpha value is -7.83. The number of nitrogens with one attached hydrogen (secondary N) is 4. The van der Waals surface area contributed by atoms with Gasteiger partial charge in [-0.1, -0.05) is 49.2 Å². The zero-order valence-corrected chi connectivity index (χ0v) is 52.9. The van der Waals surface area contributed by atoms with Gasteiger partial charge in [-0.2, -0.15) is 0 Å². The molecule has 24 heteroatoms. The predicted octanol–water partition coefficient (Wildman–Crippen LogP) is 9.88. The number of hydrogen-bond acceptors (Lipinski definition) is 16. The van der Waals surface area contributed by atoms with Crippen LogP contribution < -0.4 is 25.0 Å². The van der Waals surface area contributed by atoms with Crippen LogP contribution in [0.1, 0.15) is 110 Å². The van der Waals surface area contributed by atoms with Gasteiger partial charge in [-0.15, -0.1) is 11.8 Å². The minimum absolute atomic E-state index is 0.0622. The van der Waals surface area contributed by atoms with Crippen LogP contribution in [0, 0.1) is 21.4 Å². The Labute approximate surface area is 532 Å². The molecule has 1 atom stereocenters. The second kappa shape index (κ2) is 26.6. The molecule has 6 aliphatic rings. The van der Waals surface area contributed by atoms with Crippen molar-refractivity contribution in [1.82, 2.24) is 39.6 Å². The molecular formula is C66H74ClN11O10S2. The number of carbonyl (C=O) groups is 5. The fraction of sp³-hybridized carbons (Fsp3) is 0.424. The highest BCUT2D eigenvalue weighted by Gasteiger charge is 2.40. The Morgan fingerprint density at radius 3 is 2.47 bits per heavy atom. The first kappa shape index (κ1) is 62.4. The highest BCUT2D eigenvalue weighted by molar-refractivity contribution is 7.99. The zero-order valence-electron chi connectivity index (χ0n) is 50.5. The number of piperazine rings is 2. The van der Waals surface area contributed by atoms with E-state index in [0.717, 1.165) is 111 Å². The lowest BCUT2D eigenvalue weighted by Gasteiger charge is -2.41. The van der Waals surface area contributed by atoms with E-state index < -0.39 is 43.4 Å². The molecule has 12 rings (SSSR count). The molecule has 90 heavy (non-hydrogen) atoms. The average Bonchev–Trinajstić information content (AvgIpc) is 1.80. The third-order valence-corrected chi connectivity index (χ3v) is 21.4. The lowest BCUT2D eigenvalue weighted by molar-refractivity contribution is -0.384. The fourth-order valence-electron chi connectivity index (χ4n) is 13.6. The number of halogens is 1. The number of fused-ring (bicyclic) bond motifs is 2. The van der Waals surface area contributed by atoms with Gasteiger partial charge in [-0.05, 0) is 152 Å². The molecule has 3 saturated heterocycles. The molecule has 0 bridgehead atoms. The summed E-state index contributed by atoms with van der Waals surface area (Å²) in [4.78, 5) is 95.6. The smallest absolute Gasteiger partial charge is 0.293 e. The molecule has 4 aromatic carbocycles. The van der Waals surface area contributed by atoms with E-state index in [2.05, 4.69) is 66.0 Å². The Kier molecular flexibility index (Phi) is 18.4. The summed E-state index contributed by atoms with van der Waals surface area (Å²) in [6.07, 6.45) is 11.1. The molecule has 1 saturated carbocycles. The van der Waals surface area contributed by atoms with Crippen molar-refractivity contribution in [3.8, 4) is 11.5 Å². The maximum absolute atomic E-state index is 14.2. The number of nitro benzene ring substituents is 1. The van der Waals surface area contributed by atoms with Crippen molar-refractivity contribution in [1.29, 1.82) is 0 Å². The van der Waals surface area contributed by atoms with Crippen LogP contribution in [0.2, 0.25) is 5.02 Å². The van der Waals surface area contributed by atoms with E-state index in [1.54, 1.807) is 47.1 Å². The monoisotopic (exact) mass is 1280 g/mol. The predicted molar refractivity (Wildman–Crippen MR) is 345 cm³/mol. The van der Waals surface area contributed by atoms with Crippen molar-refractivity contribution in [2.75, 3.05) is 81.4 Å². The molecule has 0 spiro atoms. The van der Waals surface area contributed by atoms with Crippen LogP contribution in [-0.2, 0) is 31.0 Å². The molecule has 5 amide bonds. The average molecular weight is 1280 g/mol. The fourth-order valence-corrected chi connectivity index (χ4v) is 15.7. The molecule has 21 nitrogen and oxygen atoms in total. The Morgan fingerprint density at radius 1 is 0.900 bits per heavy atom. The maximum Gasteiger partial charge on any atom is 0.293 e. The van der Waals surface area contributed by atoms with Crippen molar-refractivity contribution >= 4 is 96.6 Å². The van der Waals surface area contributed by atoms with E-state index in [9.17, 15) is 42.5 Å². The molecule has 1 unspecified atom stereocenters. The number of rotatable bonds is 20. The minimum atomic E-state index is -4.65. The SMILES string of the molecule is CC1(C)CCC(CN2CCN(c3ccc(C(=O)NS(=O)(=O)c4ccc(NCC5CCC(N6CCN(CCCSc7cccc8c7CN(C7CCC(=O)NC7=O)C8=O)C(=O)C6)CC5)c([N+](=O)[O-])c4)c(Oc4cnc5[nH]ccc5c4)c3)CC2)=C(c2ccc(Cl)cc2)C1. The largest absolute Gasteiger partial charge is 0.455 e. The van der Waals surface area contributed by atoms with E-state index in [0.29, 0.717) is 74.2 Å². The molecule has 4 N–H and O–H groups in total. The van der Waals surface area contributed by atoms with Gasteiger partial charge in [0.15, 0.2) is 0 Å². The molecule has 4 aliphatic heterocycles. The van der Waals surface area contributed by atoms with Gasteiger partial charge in [-0.3, -0.25) is 49.2 Å². The number of hydrogen-bond donors (Lipinski definition) is 4. The summed E-state index contributed by atoms with van der Waals surface area (Å²) in [6.45, 7) is 11.6. The van der Waals surface area contributed by atoms with Gasteiger partial charge < -0.3 is 29.7 Å². The topological polar surface area (TPSA) is 253 Å². The van der Waals surface area contributed by atoms with E-state index in [1.807, 2.05) is 35.2 Å². The number of aromatic nitrogens is 2. The van der Waals surface area contributed by atoms with Gasteiger partial charge in [0.25, 0.3) is 27.5 Å². The zero-order chi connectivity index (χ0) is 62.8. The number of aromatic amines is 1. The number of nitrogens with zero attached hydrogens (tertiary/aromatic N) is 7. The Bertz CT molecular complexity index is 3920. The first-order valence-electron chi connectivity index (χ1n) is 31.0. The maximum atomic E-state index is 14.2. The van der Waals surface area contributed by atoms with Gasteiger partial charge in [-0.25, -0.2) is 18.1 Å². The number of thioether (sulfide) groups is 1. The number of carbonyl (C=O) groups excluding carboxylic acids is 5. The number of ether oxygens (including phenoxy) is 1. The summed E-state index contributed by atoms with van der Waals surface area (Å²) in [6, 6.07) is 25.6. The standard InChI is InChI=1S/C66H74ClN11O10S2/c1-66(2)23-21-45(53(36-66)43-9-11-46(67)12-10-43)39-73-26-28-74(29-27-73)48-15-17-52(58(34-48)88-49-33-44-22-24-68-62(44)70-38-49)63(81)72-90(86,87)50-16-18-55(57(35-50)78(84)85)69-37-42-7-13-47(14-8-42)76-31-30-75(61(80)41-76)25-4-32-89-59-6-3-5-51-54(59)40-77(65(51)83)56-19-20-60(79)71-64(56)82/h3,5-6,9-12,15-18,22,24,33-35,38,42,47,56,69H,4,7-8,13-14,19-21,23,25-32,36-37,39-41H2,1-2H3,(H,68,70)(H,72,81)(H,71,79,82). The number of amides is 5. The van der Waals surface area contributed by atoms with Crippen LogP contribution in [0.4, 0.5) is 17.1 Å². The summed E-state index contributed by atoms with van der Waals surface area (Å²) < 4.78 is 36.6. The number of imide groups is 1. The summed E-state index contributed by atoms with van der Waals surface area (Å²) in [5.41, 5.74) is 6.81. The second-order valence-electron chi connectivity index (χ2n) is 25.2. The van der Waals surface area contributed by atoms with Crippen LogP contribution >= 0.6 is 23.4 Å². The van der Waals surface area contributed by atoms with E-state index in [1.165, 1.54) is 41.1 Å². The minimum Gasteiger partial charge on any atom is -0.455 e. The number of pyridine rings is 1.